The Morgan fingerprint density at radius 3 is 2.04 bits per heavy atom. The Bertz CT molecular complexity index is 3140. The Balaban J connectivity index is 1.18. The van der Waals surface area contributed by atoms with Gasteiger partial charge in [-0.25, -0.2) is 4.98 Å². The maximum absolute atomic E-state index is 6.41. The SMILES string of the molecule is c1ccc(-c2nc3ccc(N(c4ccc5oc6ccccc6c5c4)c4cccc5c4ccc4c5c5ccccc5n4-c4ccccc4)cc3o2)cc1. The van der Waals surface area contributed by atoms with Crippen LogP contribution in [0.5, 0.6) is 0 Å². The number of benzene rings is 8. The van der Waals surface area contributed by atoms with E-state index >= 15 is 0 Å². The van der Waals surface area contributed by atoms with Crippen LogP contribution in [0.2, 0.25) is 0 Å². The second-order valence-electron chi connectivity index (χ2n) is 13.2. The highest BCUT2D eigenvalue weighted by molar-refractivity contribution is 6.23. The van der Waals surface area contributed by atoms with E-state index in [1.165, 1.54) is 27.2 Å². The van der Waals surface area contributed by atoms with Crippen LogP contribution in [0.25, 0.3) is 82.8 Å². The molecule has 0 atom stereocenters. The second kappa shape index (κ2) is 11.2. The predicted octanol–water partition coefficient (Wildman–Crippen LogP) is 13.1. The molecule has 0 aliphatic heterocycles. The van der Waals surface area contributed by atoms with Crippen molar-refractivity contribution in [2.45, 2.75) is 0 Å². The van der Waals surface area contributed by atoms with Gasteiger partial charge in [0.1, 0.15) is 16.7 Å². The molecule has 3 heterocycles. The summed E-state index contributed by atoms with van der Waals surface area (Å²) < 4.78 is 15.0. The zero-order valence-corrected chi connectivity index (χ0v) is 27.9. The molecule has 11 rings (SSSR count). The van der Waals surface area contributed by atoms with E-state index in [0.717, 1.165) is 66.7 Å². The van der Waals surface area contributed by atoms with E-state index in [1.54, 1.807) is 0 Å². The Morgan fingerprint density at radius 2 is 1.15 bits per heavy atom. The summed E-state index contributed by atoms with van der Waals surface area (Å²) in [4.78, 5) is 7.17. The lowest BCUT2D eigenvalue weighted by molar-refractivity contribution is 0.620. The van der Waals surface area contributed by atoms with Crippen molar-refractivity contribution in [1.82, 2.24) is 9.55 Å². The van der Waals surface area contributed by atoms with E-state index in [-0.39, 0.29) is 0 Å². The average molecular weight is 668 g/mol. The minimum atomic E-state index is 0.605. The number of nitrogens with zero attached hydrogens (tertiary/aromatic N) is 3. The van der Waals surface area contributed by atoms with Crippen molar-refractivity contribution in [1.29, 1.82) is 0 Å². The van der Waals surface area contributed by atoms with Crippen molar-refractivity contribution in [2.24, 2.45) is 0 Å². The first-order chi connectivity index (χ1) is 25.8. The lowest BCUT2D eigenvalue weighted by Crippen LogP contribution is -2.10. The third kappa shape index (κ3) is 4.33. The fraction of sp³-hybridized carbons (Fsp3) is 0. The molecule has 0 N–H and O–H groups in total. The van der Waals surface area contributed by atoms with E-state index < -0.39 is 0 Å². The van der Waals surface area contributed by atoms with Crippen LogP contribution < -0.4 is 4.90 Å². The molecule has 0 saturated heterocycles. The predicted molar refractivity (Wildman–Crippen MR) is 213 cm³/mol. The number of aromatic nitrogens is 2. The summed E-state index contributed by atoms with van der Waals surface area (Å²) in [6.45, 7) is 0. The molecule has 244 valence electrons. The molecule has 0 amide bonds. The Morgan fingerprint density at radius 1 is 0.442 bits per heavy atom. The summed E-state index contributed by atoms with van der Waals surface area (Å²) in [5, 5.41) is 6.94. The van der Waals surface area contributed by atoms with Gasteiger partial charge in [0.15, 0.2) is 5.58 Å². The van der Waals surface area contributed by atoms with Crippen LogP contribution >= 0.6 is 0 Å². The fourth-order valence-corrected chi connectivity index (χ4v) is 7.90. The van der Waals surface area contributed by atoms with Crippen molar-refractivity contribution in [3.05, 3.63) is 176 Å². The molecule has 0 spiro atoms. The second-order valence-corrected chi connectivity index (χ2v) is 13.2. The topological polar surface area (TPSA) is 47.3 Å². The van der Waals surface area contributed by atoms with Crippen LogP contribution in [0.1, 0.15) is 0 Å². The minimum absolute atomic E-state index is 0.605. The van der Waals surface area contributed by atoms with Gasteiger partial charge in [-0.3, -0.25) is 0 Å². The highest BCUT2D eigenvalue weighted by Gasteiger charge is 2.22. The van der Waals surface area contributed by atoms with Crippen LogP contribution in [-0.4, -0.2) is 9.55 Å². The minimum Gasteiger partial charge on any atom is -0.456 e. The molecule has 0 bridgehead atoms. The number of oxazole rings is 1. The molecular formula is C47H29N3O2. The molecule has 8 aromatic carbocycles. The maximum Gasteiger partial charge on any atom is 0.227 e. The first kappa shape index (κ1) is 28.7. The molecule has 5 heteroatoms. The van der Waals surface area contributed by atoms with E-state index in [4.69, 9.17) is 13.8 Å². The highest BCUT2D eigenvalue weighted by atomic mass is 16.3. The van der Waals surface area contributed by atoms with Crippen LogP contribution in [0.3, 0.4) is 0 Å². The quantitative estimate of drug-likeness (QED) is 0.183. The molecule has 0 unspecified atom stereocenters. The van der Waals surface area contributed by atoms with Crippen LogP contribution in [0.15, 0.2) is 185 Å². The third-order valence-electron chi connectivity index (χ3n) is 10.2. The summed E-state index contributed by atoms with van der Waals surface area (Å²) in [6, 6.07) is 61.5. The van der Waals surface area contributed by atoms with E-state index in [2.05, 4.69) is 143 Å². The lowest BCUT2D eigenvalue weighted by atomic mass is 10.0. The average Bonchev–Trinajstić information content (AvgIpc) is 3.90. The standard InChI is InChI=1S/C47H29N3O2/c1-3-12-30(13-4-1)47-48-39-25-22-33(29-45(39)52-47)49(32-23-27-44-38(28-32)35-16-8-10-21-43(35)51-44)40-20-11-18-36-34(40)24-26-42-46(36)37-17-7-9-19-41(37)50(42)31-14-5-2-6-15-31/h1-29H. The van der Waals surface area contributed by atoms with Crippen molar-refractivity contribution >= 4 is 82.7 Å². The molecule has 0 radical (unpaired) electrons. The van der Waals surface area contributed by atoms with Gasteiger partial charge in [0.25, 0.3) is 0 Å². The van der Waals surface area contributed by atoms with Gasteiger partial charge in [-0.1, -0.05) is 91.0 Å². The number of rotatable bonds is 5. The van der Waals surface area contributed by atoms with Crippen LogP contribution in [-0.2, 0) is 0 Å². The summed E-state index contributed by atoms with van der Waals surface area (Å²) in [7, 11) is 0. The molecule has 0 saturated carbocycles. The molecular weight excluding hydrogens is 639 g/mol. The Hall–Kier alpha value is -7.11. The number of hydrogen-bond acceptors (Lipinski definition) is 4. The smallest absolute Gasteiger partial charge is 0.227 e. The summed E-state index contributed by atoms with van der Waals surface area (Å²) >= 11 is 0. The van der Waals surface area contributed by atoms with Crippen molar-refractivity contribution in [2.75, 3.05) is 4.90 Å². The number of para-hydroxylation sites is 3. The maximum atomic E-state index is 6.41. The molecule has 11 aromatic rings. The van der Waals surface area contributed by atoms with Gasteiger partial charge < -0.3 is 18.3 Å². The third-order valence-corrected chi connectivity index (χ3v) is 10.2. The fourth-order valence-electron chi connectivity index (χ4n) is 7.90. The van der Waals surface area contributed by atoms with Crippen molar-refractivity contribution < 1.29 is 8.83 Å². The zero-order valence-electron chi connectivity index (χ0n) is 27.9. The van der Waals surface area contributed by atoms with Crippen molar-refractivity contribution in [3.8, 4) is 17.1 Å². The summed E-state index contributed by atoms with van der Waals surface area (Å²) in [6.07, 6.45) is 0. The van der Waals surface area contributed by atoms with Gasteiger partial charge in [-0.2, -0.15) is 0 Å². The van der Waals surface area contributed by atoms with E-state index in [1.807, 2.05) is 42.5 Å². The normalized spacial score (nSPS) is 11.8. The highest BCUT2D eigenvalue weighted by Crippen LogP contribution is 2.45. The number of fused-ring (bicyclic) bond motifs is 9. The molecule has 0 aliphatic rings. The van der Waals surface area contributed by atoms with E-state index in [0.29, 0.717) is 5.89 Å². The van der Waals surface area contributed by atoms with Crippen molar-refractivity contribution in [3.63, 3.8) is 0 Å². The van der Waals surface area contributed by atoms with Crippen LogP contribution in [0.4, 0.5) is 17.1 Å². The van der Waals surface area contributed by atoms with Gasteiger partial charge in [-0.15, -0.1) is 0 Å². The first-order valence-corrected chi connectivity index (χ1v) is 17.5. The monoisotopic (exact) mass is 667 g/mol. The lowest BCUT2D eigenvalue weighted by Gasteiger charge is -2.27. The largest absolute Gasteiger partial charge is 0.456 e. The van der Waals surface area contributed by atoms with Gasteiger partial charge in [0.2, 0.25) is 5.89 Å². The molecule has 3 aromatic heterocycles. The van der Waals surface area contributed by atoms with Gasteiger partial charge >= 0.3 is 0 Å². The molecule has 0 aliphatic carbocycles. The molecule has 0 fully saturated rings. The summed E-state index contributed by atoms with van der Waals surface area (Å²) in [5.74, 6) is 0.605. The summed E-state index contributed by atoms with van der Waals surface area (Å²) in [5.41, 5.74) is 10.8. The number of furan rings is 1. The zero-order chi connectivity index (χ0) is 34.2. The molecule has 52 heavy (non-hydrogen) atoms. The van der Waals surface area contributed by atoms with Gasteiger partial charge in [0, 0.05) is 49.9 Å². The van der Waals surface area contributed by atoms with Gasteiger partial charge in [-0.05, 0) is 84.2 Å². The van der Waals surface area contributed by atoms with Crippen LogP contribution in [0, 0.1) is 0 Å². The Labute approximate surface area is 298 Å². The van der Waals surface area contributed by atoms with E-state index in [9.17, 15) is 0 Å². The Kier molecular flexibility index (Phi) is 6.18. The number of anilines is 3. The van der Waals surface area contributed by atoms with Gasteiger partial charge in [0.05, 0.1) is 22.4 Å². The first-order valence-electron chi connectivity index (χ1n) is 17.5. The number of hydrogen-bond donors (Lipinski definition) is 0. The molecule has 5 nitrogen and oxygen atoms in total.